The predicted octanol–water partition coefficient (Wildman–Crippen LogP) is 6.00. The van der Waals surface area contributed by atoms with E-state index in [0.29, 0.717) is 5.92 Å². The fraction of sp³-hybridized carbons (Fsp3) is 0.286. The van der Waals surface area contributed by atoms with Gasteiger partial charge in [0.15, 0.2) is 0 Å². The zero-order valence-corrected chi connectivity index (χ0v) is 36.5. The Hall–Kier alpha value is -3.09. The minimum absolute atomic E-state index is 0. The molecule has 0 heterocycles. The van der Waals surface area contributed by atoms with Gasteiger partial charge in [0.1, 0.15) is 0 Å². The summed E-state index contributed by atoms with van der Waals surface area (Å²) in [5.41, 5.74) is 18.7. The van der Waals surface area contributed by atoms with Gasteiger partial charge in [0.2, 0.25) is 0 Å². The second kappa shape index (κ2) is 15.3. The molecule has 3 heteroatoms. The molecular weight excluding hydrogens is 751 g/mol. The fourth-order valence-electron chi connectivity index (χ4n) is 8.23. The SMILES string of the molecule is CC1=[C]([Zr+2](=[C](c2ccc(C)cc2)c2ccc(C)cc2)[c]2c(C(C)(C)C)ccc3c2Cc2cc(C(C)(C)C)ccc2-3)C(C)C=C1c1ccccc1.[Cl-].[Cl-]. The summed E-state index contributed by atoms with van der Waals surface area (Å²) < 4.78 is 5.01. The van der Waals surface area contributed by atoms with E-state index in [9.17, 15) is 0 Å². The van der Waals surface area contributed by atoms with Gasteiger partial charge in [-0.1, -0.05) is 0 Å². The number of aryl methyl sites for hydroxylation is 2. The zero-order valence-electron chi connectivity index (χ0n) is 32.5. The first-order valence-electron chi connectivity index (χ1n) is 18.4. The van der Waals surface area contributed by atoms with Crippen molar-refractivity contribution < 1.29 is 46.1 Å². The van der Waals surface area contributed by atoms with Crippen LogP contribution in [0.4, 0.5) is 0 Å². The maximum Gasteiger partial charge on any atom is -1.00 e. The van der Waals surface area contributed by atoms with Crippen molar-refractivity contribution in [1.82, 2.24) is 0 Å². The van der Waals surface area contributed by atoms with Crippen molar-refractivity contribution in [3.63, 3.8) is 0 Å². The summed E-state index contributed by atoms with van der Waals surface area (Å²) in [4.78, 5) is 0. The molecule has 7 rings (SSSR count). The van der Waals surface area contributed by atoms with Gasteiger partial charge in [-0.05, 0) is 0 Å². The van der Waals surface area contributed by atoms with Crippen LogP contribution >= 0.6 is 0 Å². The summed E-state index contributed by atoms with van der Waals surface area (Å²) >= 11 is -3.06. The van der Waals surface area contributed by atoms with Crippen LogP contribution < -0.4 is 28.1 Å². The Morgan fingerprint density at radius 2 is 1.19 bits per heavy atom. The van der Waals surface area contributed by atoms with E-state index in [-0.39, 0.29) is 35.6 Å². The number of rotatable bonds is 5. The summed E-state index contributed by atoms with van der Waals surface area (Å²) in [7, 11) is 0. The van der Waals surface area contributed by atoms with Crippen LogP contribution in [0.25, 0.3) is 16.7 Å². The van der Waals surface area contributed by atoms with Gasteiger partial charge in [-0.15, -0.1) is 0 Å². The van der Waals surface area contributed by atoms with Gasteiger partial charge in [0, 0.05) is 0 Å². The van der Waals surface area contributed by atoms with E-state index in [0.717, 1.165) is 6.42 Å². The number of hydrogen-bond acceptors (Lipinski definition) is 0. The molecule has 5 aromatic carbocycles. The van der Waals surface area contributed by atoms with Crippen LogP contribution in [0, 0.1) is 19.8 Å². The molecule has 2 aliphatic rings. The smallest absolute Gasteiger partial charge is 1.00 e. The van der Waals surface area contributed by atoms with Crippen molar-refractivity contribution in [2.45, 2.75) is 86.5 Å². The first-order valence-corrected chi connectivity index (χ1v) is 22.1. The average Bonchev–Trinajstić information content (AvgIpc) is 3.60. The van der Waals surface area contributed by atoms with Gasteiger partial charge in [-0.25, -0.2) is 0 Å². The number of hydrogen-bond donors (Lipinski definition) is 0. The average molecular weight is 803 g/mol. The first-order chi connectivity index (χ1) is 23.7. The molecule has 5 aromatic rings. The largest absolute Gasteiger partial charge is 1.00 e. The van der Waals surface area contributed by atoms with Crippen molar-refractivity contribution in [3.05, 3.63) is 174 Å². The van der Waals surface area contributed by atoms with Crippen molar-refractivity contribution >= 4 is 12.1 Å². The summed E-state index contributed by atoms with van der Waals surface area (Å²) in [5.74, 6) is 0.366. The van der Waals surface area contributed by atoms with Crippen LogP contribution in [0.3, 0.4) is 0 Å². The van der Waals surface area contributed by atoms with Gasteiger partial charge < -0.3 is 24.8 Å². The summed E-state index contributed by atoms with van der Waals surface area (Å²) in [6.07, 6.45) is 3.58. The molecule has 0 nitrogen and oxygen atoms in total. The number of benzene rings is 5. The maximum absolute atomic E-state index is 3.06. The van der Waals surface area contributed by atoms with Crippen LogP contribution in [0.1, 0.15) is 105 Å². The third-order valence-electron chi connectivity index (χ3n) is 11.0. The Kier molecular flexibility index (Phi) is 11.8. The predicted molar refractivity (Wildman–Crippen MR) is 214 cm³/mol. The molecule has 0 N–H and O–H groups in total. The van der Waals surface area contributed by atoms with Gasteiger partial charge in [0.05, 0.1) is 0 Å². The summed E-state index contributed by atoms with van der Waals surface area (Å²) in [5, 5.41) is 0. The summed E-state index contributed by atoms with van der Waals surface area (Å²) in [6, 6.07) is 42.3. The Morgan fingerprint density at radius 3 is 1.73 bits per heavy atom. The Bertz CT molecular complexity index is 2150. The standard InChI is InChI=1S/C21H25.C15H14.C13H13.2ClH.Zr/c1-20(2,3)16-7-9-18-14(12-16)11-15-13-17(21(4,5)6)8-10-19(15)18;1-12-3-7-14(8-4-12)11-15-9-5-13(2)6-10-15;1-10-8-11(2)13(9-10)12-6-4-3-5-7-12;;;/h7-10,12H,11H2,1-6H3;3-10H,1-2H3;3-7,9-10H,1-2H3;2*1H;/q;;;;;+2/p-2. The maximum atomic E-state index is 2.58. The molecule has 0 spiro atoms. The second-order valence-electron chi connectivity index (χ2n) is 16.8. The third-order valence-corrected chi connectivity index (χ3v) is 19.6. The molecule has 0 bridgehead atoms. The third kappa shape index (κ3) is 7.49. The molecule has 0 fully saturated rings. The molecule has 0 aromatic heterocycles. The Balaban J connectivity index is 0.00000261. The van der Waals surface area contributed by atoms with E-state index in [1.807, 2.05) is 0 Å². The second-order valence-corrected chi connectivity index (χ2v) is 22.4. The Morgan fingerprint density at radius 1 is 0.635 bits per heavy atom. The topological polar surface area (TPSA) is 0 Å². The molecule has 1 atom stereocenters. The van der Waals surface area contributed by atoms with E-state index in [4.69, 9.17) is 0 Å². The number of allylic oxidation sites excluding steroid dienone is 4. The van der Waals surface area contributed by atoms with Crippen molar-refractivity contribution in [2.24, 2.45) is 5.92 Å². The summed E-state index contributed by atoms with van der Waals surface area (Å²) in [6.45, 7) is 23.6. The van der Waals surface area contributed by atoms with E-state index < -0.39 is 21.3 Å². The molecule has 52 heavy (non-hydrogen) atoms. The fourth-order valence-corrected chi connectivity index (χ4v) is 18.1. The van der Waals surface area contributed by atoms with E-state index in [1.165, 1.54) is 66.8 Å². The van der Waals surface area contributed by atoms with Gasteiger partial charge in [-0.3, -0.25) is 0 Å². The van der Waals surface area contributed by atoms with Crippen LogP contribution in [0.5, 0.6) is 0 Å². The normalized spacial score (nSPS) is 14.8. The van der Waals surface area contributed by atoms with E-state index in [1.54, 1.807) is 15.3 Å². The van der Waals surface area contributed by atoms with Crippen molar-refractivity contribution in [2.75, 3.05) is 0 Å². The van der Waals surface area contributed by atoms with Gasteiger partial charge >= 0.3 is 311 Å². The molecule has 2 aliphatic carbocycles. The minimum atomic E-state index is -3.06. The molecule has 0 radical (unpaired) electrons. The quantitative estimate of drug-likeness (QED) is 0.201. The van der Waals surface area contributed by atoms with Gasteiger partial charge in [-0.2, -0.15) is 0 Å². The minimum Gasteiger partial charge on any atom is -1.00 e. The van der Waals surface area contributed by atoms with Crippen LogP contribution in [0.15, 0.2) is 124 Å². The van der Waals surface area contributed by atoms with E-state index >= 15 is 0 Å². The van der Waals surface area contributed by atoms with Crippen molar-refractivity contribution in [1.29, 1.82) is 0 Å². The molecule has 0 amide bonds. The zero-order chi connectivity index (χ0) is 35.5. The molecular formula is C49H52Cl2Zr. The van der Waals surface area contributed by atoms with Crippen LogP contribution in [-0.4, -0.2) is 3.21 Å². The number of halogens is 2. The van der Waals surface area contributed by atoms with Crippen molar-refractivity contribution in [3.8, 4) is 11.1 Å². The van der Waals surface area contributed by atoms with Crippen LogP contribution in [0.2, 0.25) is 0 Å². The van der Waals surface area contributed by atoms with Crippen LogP contribution in [-0.2, 0) is 38.5 Å². The van der Waals surface area contributed by atoms with E-state index in [2.05, 4.69) is 185 Å². The monoisotopic (exact) mass is 800 g/mol. The van der Waals surface area contributed by atoms with Gasteiger partial charge in [0.25, 0.3) is 0 Å². The molecule has 0 aliphatic heterocycles. The molecule has 1 unspecified atom stereocenters. The molecule has 266 valence electrons. The first kappa shape index (κ1) is 40.1. The molecule has 0 saturated heterocycles. The molecule has 0 saturated carbocycles. The Labute approximate surface area is 333 Å². The number of fused-ring (bicyclic) bond motifs is 3.